The molecule has 3 aromatic rings. The Morgan fingerprint density at radius 2 is 2.04 bits per heavy atom. The van der Waals surface area contributed by atoms with Gasteiger partial charge in [-0.2, -0.15) is 0 Å². The third-order valence-electron chi connectivity index (χ3n) is 5.13. The molecule has 0 spiro atoms. The summed E-state index contributed by atoms with van der Waals surface area (Å²) in [6.07, 6.45) is 3.40. The van der Waals surface area contributed by atoms with Crippen LogP contribution in [0.5, 0.6) is 0 Å². The molecule has 2 nitrogen and oxygen atoms in total. The van der Waals surface area contributed by atoms with E-state index in [1.807, 2.05) is 0 Å². The van der Waals surface area contributed by atoms with E-state index in [0.29, 0.717) is 5.92 Å². The SMILES string of the molecule is Cc1c(S)cccc1C1CCN(Cc2c[nH]c3ccccc23)C1. The van der Waals surface area contributed by atoms with Crippen LogP contribution in [-0.4, -0.2) is 23.0 Å². The minimum atomic E-state index is 0.632. The first kappa shape index (κ1) is 14.9. The molecule has 0 aliphatic carbocycles. The van der Waals surface area contributed by atoms with Crippen molar-refractivity contribution >= 4 is 23.5 Å². The van der Waals surface area contributed by atoms with Crippen LogP contribution in [0.1, 0.15) is 29.0 Å². The highest BCUT2D eigenvalue weighted by atomic mass is 32.1. The molecule has 2 aromatic carbocycles. The van der Waals surface area contributed by atoms with Crippen molar-refractivity contribution in [3.63, 3.8) is 0 Å². The van der Waals surface area contributed by atoms with Crippen molar-refractivity contribution < 1.29 is 0 Å². The summed E-state index contributed by atoms with van der Waals surface area (Å²) in [5.41, 5.74) is 5.45. The zero-order chi connectivity index (χ0) is 15.8. The van der Waals surface area contributed by atoms with Crippen molar-refractivity contribution in [3.8, 4) is 0 Å². The van der Waals surface area contributed by atoms with Crippen molar-refractivity contribution in [2.24, 2.45) is 0 Å². The largest absolute Gasteiger partial charge is 0.361 e. The van der Waals surface area contributed by atoms with Crippen LogP contribution in [0.4, 0.5) is 0 Å². The summed E-state index contributed by atoms with van der Waals surface area (Å²) in [4.78, 5) is 7.07. The van der Waals surface area contributed by atoms with Gasteiger partial charge in [-0.25, -0.2) is 0 Å². The molecule has 23 heavy (non-hydrogen) atoms. The second kappa shape index (κ2) is 6.06. The zero-order valence-electron chi connectivity index (χ0n) is 13.4. The molecule has 0 saturated carbocycles. The predicted octanol–water partition coefficient (Wildman–Crippen LogP) is 4.75. The molecule has 1 aliphatic rings. The lowest BCUT2D eigenvalue weighted by molar-refractivity contribution is 0.328. The fourth-order valence-electron chi connectivity index (χ4n) is 3.82. The number of H-pyrrole nitrogens is 1. The van der Waals surface area contributed by atoms with E-state index in [2.05, 4.69) is 78.1 Å². The lowest BCUT2D eigenvalue weighted by Gasteiger charge is -2.17. The van der Waals surface area contributed by atoms with Crippen molar-refractivity contribution in [1.29, 1.82) is 0 Å². The van der Waals surface area contributed by atoms with E-state index in [-0.39, 0.29) is 0 Å². The Kier molecular flexibility index (Phi) is 3.92. The number of benzene rings is 2. The average Bonchev–Trinajstić information content (AvgIpc) is 3.18. The smallest absolute Gasteiger partial charge is 0.0457 e. The van der Waals surface area contributed by atoms with E-state index < -0.39 is 0 Å². The third-order valence-corrected chi connectivity index (χ3v) is 5.61. The first-order valence-electron chi connectivity index (χ1n) is 8.28. The van der Waals surface area contributed by atoms with Gasteiger partial charge in [0.15, 0.2) is 0 Å². The topological polar surface area (TPSA) is 19.0 Å². The Labute approximate surface area is 142 Å². The number of hydrogen-bond donors (Lipinski definition) is 2. The van der Waals surface area contributed by atoms with Crippen molar-refractivity contribution in [2.75, 3.05) is 13.1 Å². The first-order chi connectivity index (χ1) is 11.2. The van der Waals surface area contributed by atoms with Crippen LogP contribution >= 0.6 is 12.6 Å². The molecular formula is C20H22N2S. The molecule has 1 atom stereocenters. The Bertz CT molecular complexity index is 837. The van der Waals surface area contributed by atoms with E-state index in [4.69, 9.17) is 0 Å². The number of thiol groups is 1. The van der Waals surface area contributed by atoms with Gasteiger partial charge in [0.2, 0.25) is 0 Å². The molecule has 0 radical (unpaired) electrons. The molecule has 3 heteroatoms. The van der Waals surface area contributed by atoms with Gasteiger partial charge >= 0.3 is 0 Å². The second-order valence-electron chi connectivity index (χ2n) is 6.57. The van der Waals surface area contributed by atoms with Gasteiger partial charge in [-0.05, 0) is 54.6 Å². The molecule has 118 valence electrons. The number of nitrogens with one attached hydrogen (secondary N) is 1. The molecule has 1 N–H and O–H groups in total. The summed E-state index contributed by atoms with van der Waals surface area (Å²) >= 11 is 4.58. The van der Waals surface area contributed by atoms with Crippen LogP contribution in [-0.2, 0) is 6.54 Å². The van der Waals surface area contributed by atoms with Gasteiger partial charge < -0.3 is 4.98 Å². The van der Waals surface area contributed by atoms with Crippen LogP contribution in [0.3, 0.4) is 0 Å². The monoisotopic (exact) mass is 322 g/mol. The Balaban J connectivity index is 1.51. The summed E-state index contributed by atoms with van der Waals surface area (Å²) in [6, 6.07) is 15.1. The summed E-state index contributed by atoms with van der Waals surface area (Å²) in [5.74, 6) is 0.632. The Morgan fingerprint density at radius 1 is 1.17 bits per heavy atom. The van der Waals surface area contributed by atoms with Crippen LogP contribution in [0.2, 0.25) is 0 Å². The van der Waals surface area contributed by atoms with Gasteiger partial charge in [0.1, 0.15) is 0 Å². The number of aromatic amines is 1. The molecule has 0 bridgehead atoms. The Morgan fingerprint density at radius 3 is 2.96 bits per heavy atom. The minimum absolute atomic E-state index is 0.632. The van der Waals surface area contributed by atoms with Crippen LogP contribution in [0.15, 0.2) is 53.6 Å². The molecular weight excluding hydrogens is 300 g/mol. The van der Waals surface area contributed by atoms with Crippen molar-refractivity contribution in [1.82, 2.24) is 9.88 Å². The highest BCUT2D eigenvalue weighted by Crippen LogP contribution is 2.33. The summed E-state index contributed by atoms with van der Waals surface area (Å²) in [5, 5.41) is 1.35. The molecule has 1 unspecified atom stereocenters. The van der Waals surface area contributed by atoms with Gasteiger partial charge in [0.05, 0.1) is 0 Å². The summed E-state index contributed by atoms with van der Waals surface area (Å²) < 4.78 is 0. The lowest BCUT2D eigenvalue weighted by atomic mass is 9.94. The fraction of sp³-hybridized carbons (Fsp3) is 0.300. The van der Waals surface area contributed by atoms with Gasteiger partial charge in [-0.15, -0.1) is 12.6 Å². The number of likely N-dealkylation sites (tertiary alicyclic amines) is 1. The normalized spacial score (nSPS) is 18.8. The highest BCUT2D eigenvalue weighted by Gasteiger charge is 2.25. The maximum absolute atomic E-state index is 4.58. The number of nitrogens with zero attached hydrogens (tertiary/aromatic N) is 1. The van der Waals surface area contributed by atoms with Gasteiger partial charge in [0, 0.05) is 35.1 Å². The van der Waals surface area contributed by atoms with Gasteiger partial charge in [-0.3, -0.25) is 4.90 Å². The van der Waals surface area contributed by atoms with Crippen LogP contribution < -0.4 is 0 Å². The molecule has 0 amide bonds. The highest BCUT2D eigenvalue weighted by molar-refractivity contribution is 7.80. The predicted molar refractivity (Wildman–Crippen MR) is 99.4 cm³/mol. The maximum atomic E-state index is 4.58. The van der Waals surface area contributed by atoms with Crippen LogP contribution in [0, 0.1) is 6.92 Å². The number of para-hydroxylation sites is 1. The van der Waals surface area contributed by atoms with E-state index in [1.165, 1.54) is 40.6 Å². The quantitative estimate of drug-likeness (QED) is 0.666. The van der Waals surface area contributed by atoms with E-state index in [1.54, 1.807) is 0 Å². The van der Waals surface area contributed by atoms with Crippen molar-refractivity contribution in [3.05, 3.63) is 65.4 Å². The second-order valence-corrected chi connectivity index (χ2v) is 7.05. The average molecular weight is 322 g/mol. The zero-order valence-corrected chi connectivity index (χ0v) is 14.3. The van der Waals surface area contributed by atoms with E-state index in [9.17, 15) is 0 Å². The number of hydrogen-bond acceptors (Lipinski definition) is 2. The van der Waals surface area contributed by atoms with Crippen LogP contribution in [0.25, 0.3) is 10.9 Å². The molecule has 1 aromatic heterocycles. The molecule has 1 fully saturated rings. The van der Waals surface area contributed by atoms with Gasteiger partial charge in [-0.1, -0.05) is 30.3 Å². The standard InChI is InChI=1S/C20H22N2S/c1-14-17(6-4-8-20(14)23)15-9-10-22(12-15)13-16-11-21-19-7-3-2-5-18(16)19/h2-8,11,15,21,23H,9-10,12-13H2,1H3. The van der Waals surface area contributed by atoms with Crippen molar-refractivity contribution in [2.45, 2.75) is 30.7 Å². The van der Waals surface area contributed by atoms with E-state index >= 15 is 0 Å². The molecule has 2 heterocycles. The molecule has 1 aliphatic heterocycles. The van der Waals surface area contributed by atoms with Gasteiger partial charge in [0.25, 0.3) is 0 Å². The fourth-order valence-corrected chi connectivity index (χ4v) is 4.03. The third kappa shape index (κ3) is 2.79. The number of aromatic nitrogens is 1. The lowest BCUT2D eigenvalue weighted by Crippen LogP contribution is -2.19. The maximum Gasteiger partial charge on any atom is 0.0457 e. The molecule has 4 rings (SSSR count). The van der Waals surface area contributed by atoms with E-state index in [0.717, 1.165) is 18.0 Å². The first-order valence-corrected chi connectivity index (χ1v) is 8.73. The molecule has 1 saturated heterocycles. The minimum Gasteiger partial charge on any atom is -0.361 e. The Hall–Kier alpha value is -1.71. The summed E-state index contributed by atoms with van der Waals surface area (Å²) in [7, 11) is 0. The number of fused-ring (bicyclic) bond motifs is 1. The number of rotatable bonds is 3. The summed E-state index contributed by atoms with van der Waals surface area (Å²) in [6.45, 7) is 5.53.